The fourth-order valence-electron chi connectivity index (χ4n) is 2.86. The van der Waals surface area contributed by atoms with E-state index in [-0.39, 0.29) is 5.91 Å². The zero-order chi connectivity index (χ0) is 19.9. The molecule has 136 valence electrons. The Balaban J connectivity index is 2.19. The number of hydrogen-bond donors (Lipinski definition) is 2. The van der Waals surface area contributed by atoms with Gasteiger partial charge in [-0.05, 0) is 41.1 Å². The lowest BCUT2D eigenvalue weighted by molar-refractivity contribution is -0.112. The van der Waals surface area contributed by atoms with Crippen LogP contribution in [0.2, 0.25) is 5.02 Å². The van der Waals surface area contributed by atoms with Crippen LogP contribution in [0.4, 0.5) is 11.5 Å². The van der Waals surface area contributed by atoms with Gasteiger partial charge < -0.3 is 15.6 Å². The van der Waals surface area contributed by atoms with Gasteiger partial charge in [-0.1, -0.05) is 18.2 Å². The Morgan fingerprint density at radius 3 is 2.78 bits per heavy atom. The number of nitrogen functional groups attached to an aromatic ring is 1. The number of anilines is 2. The topological polar surface area (TPSA) is 96.7 Å². The predicted octanol–water partition coefficient (Wildman–Crippen LogP) is 4.62. The number of nitrogens with zero attached hydrogens (tertiary/aromatic N) is 3. The van der Waals surface area contributed by atoms with Crippen LogP contribution in [0.1, 0.15) is 12.5 Å². The smallest absolute Gasteiger partial charge is 0.250 e. The molecule has 2 aromatic heterocycles. The standard InChI is InChI=1S/C19H15BrClN5O/c1-9(2)19(27)25-11-4-5-12(13(21)6-11)17-15(20)14-16(26(17)3)10(7-22)8-24-18(14)23/h4-6,8H,1H2,2-3H3,(H2,23,24)(H,25,27). The molecular weight excluding hydrogens is 430 g/mol. The molecule has 0 fully saturated rings. The summed E-state index contributed by atoms with van der Waals surface area (Å²) in [6.45, 7) is 5.24. The number of aromatic nitrogens is 2. The molecule has 0 atom stereocenters. The number of amides is 1. The third-order valence-electron chi connectivity index (χ3n) is 4.17. The Morgan fingerprint density at radius 2 is 2.19 bits per heavy atom. The third-order valence-corrected chi connectivity index (χ3v) is 5.25. The van der Waals surface area contributed by atoms with Crippen LogP contribution in [0.5, 0.6) is 0 Å². The van der Waals surface area contributed by atoms with Crippen LogP contribution < -0.4 is 11.1 Å². The van der Waals surface area contributed by atoms with Gasteiger partial charge in [-0.2, -0.15) is 5.26 Å². The summed E-state index contributed by atoms with van der Waals surface area (Å²) in [6, 6.07) is 7.34. The van der Waals surface area contributed by atoms with Crippen LogP contribution in [0.25, 0.3) is 22.2 Å². The first-order valence-corrected chi connectivity index (χ1v) is 9.02. The normalized spacial score (nSPS) is 10.6. The van der Waals surface area contributed by atoms with Crippen LogP contribution in [0.15, 0.2) is 41.0 Å². The van der Waals surface area contributed by atoms with Gasteiger partial charge in [-0.25, -0.2) is 4.98 Å². The highest BCUT2D eigenvalue weighted by Gasteiger charge is 2.22. The monoisotopic (exact) mass is 443 g/mol. The molecule has 3 N–H and O–H groups in total. The Bertz CT molecular complexity index is 1160. The molecule has 0 aliphatic carbocycles. The molecule has 0 aliphatic heterocycles. The van der Waals surface area contributed by atoms with Crippen molar-refractivity contribution < 1.29 is 4.79 Å². The molecule has 1 amide bonds. The molecule has 1 aromatic carbocycles. The molecule has 0 bridgehead atoms. The lowest BCUT2D eigenvalue weighted by Gasteiger charge is -2.11. The summed E-state index contributed by atoms with van der Waals surface area (Å²) in [5.41, 5.74) is 9.55. The highest BCUT2D eigenvalue weighted by atomic mass is 79.9. The number of nitrogens with two attached hydrogens (primary N) is 1. The highest BCUT2D eigenvalue weighted by Crippen LogP contribution is 2.43. The maximum absolute atomic E-state index is 11.8. The largest absolute Gasteiger partial charge is 0.383 e. The van der Waals surface area contributed by atoms with Crippen molar-refractivity contribution in [3.8, 4) is 17.3 Å². The lowest BCUT2D eigenvalue weighted by Crippen LogP contribution is -2.11. The van der Waals surface area contributed by atoms with Gasteiger partial charge >= 0.3 is 0 Å². The molecule has 0 spiro atoms. The highest BCUT2D eigenvalue weighted by molar-refractivity contribution is 9.10. The second kappa shape index (κ2) is 7.06. The quantitative estimate of drug-likeness (QED) is 0.576. The van der Waals surface area contributed by atoms with Gasteiger partial charge in [-0.15, -0.1) is 0 Å². The Morgan fingerprint density at radius 1 is 1.48 bits per heavy atom. The number of benzene rings is 1. The van der Waals surface area contributed by atoms with Crippen molar-refractivity contribution in [3.05, 3.63) is 51.6 Å². The van der Waals surface area contributed by atoms with E-state index in [1.807, 2.05) is 11.6 Å². The minimum absolute atomic E-state index is 0.276. The van der Waals surface area contributed by atoms with Gasteiger partial charge in [-0.3, -0.25) is 4.79 Å². The van der Waals surface area contributed by atoms with E-state index in [2.05, 4.69) is 38.9 Å². The molecule has 0 saturated heterocycles. The zero-order valence-corrected chi connectivity index (χ0v) is 16.9. The Kier molecular flexibility index (Phi) is 4.96. The molecule has 8 heteroatoms. The van der Waals surface area contributed by atoms with Gasteiger partial charge in [0.1, 0.15) is 11.9 Å². The van der Waals surface area contributed by atoms with Crippen LogP contribution >= 0.6 is 27.5 Å². The van der Waals surface area contributed by atoms with Crippen molar-refractivity contribution in [2.75, 3.05) is 11.1 Å². The van der Waals surface area contributed by atoms with E-state index in [0.717, 1.165) is 11.3 Å². The lowest BCUT2D eigenvalue weighted by atomic mass is 10.1. The summed E-state index contributed by atoms with van der Waals surface area (Å²) in [6.07, 6.45) is 1.45. The number of rotatable bonds is 3. The Labute approximate surface area is 169 Å². The predicted molar refractivity (Wildman–Crippen MR) is 111 cm³/mol. The van der Waals surface area contributed by atoms with Crippen molar-refractivity contribution in [1.29, 1.82) is 5.26 Å². The van der Waals surface area contributed by atoms with E-state index >= 15 is 0 Å². The summed E-state index contributed by atoms with van der Waals surface area (Å²) in [7, 11) is 1.83. The number of carbonyl (C=O) groups excluding carboxylic acids is 1. The summed E-state index contributed by atoms with van der Waals surface area (Å²) >= 11 is 10.1. The van der Waals surface area contributed by atoms with Gasteiger partial charge in [0.2, 0.25) is 0 Å². The molecule has 0 aliphatic rings. The molecule has 0 unspecified atom stereocenters. The molecule has 6 nitrogen and oxygen atoms in total. The van der Waals surface area contributed by atoms with E-state index < -0.39 is 0 Å². The second-order valence-corrected chi connectivity index (χ2v) is 7.24. The SMILES string of the molecule is C=C(C)C(=O)Nc1ccc(-c2c(Br)c3c(N)ncc(C#N)c3n2C)c(Cl)c1. The number of halogens is 2. The van der Waals surface area contributed by atoms with Crippen molar-refractivity contribution in [2.24, 2.45) is 7.05 Å². The molecule has 0 saturated carbocycles. The minimum atomic E-state index is -0.276. The first-order chi connectivity index (χ1) is 12.8. The maximum Gasteiger partial charge on any atom is 0.250 e. The van der Waals surface area contributed by atoms with Crippen LogP contribution in [-0.2, 0) is 11.8 Å². The van der Waals surface area contributed by atoms with Crippen molar-refractivity contribution >= 4 is 55.8 Å². The Hall–Kier alpha value is -2.82. The fraction of sp³-hybridized carbons (Fsp3) is 0.105. The number of pyridine rings is 1. The molecule has 2 heterocycles. The van der Waals surface area contributed by atoms with E-state index in [9.17, 15) is 10.1 Å². The van der Waals surface area contributed by atoms with Gasteiger partial charge in [0.25, 0.3) is 5.91 Å². The minimum Gasteiger partial charge on any atom is -0.383 e. The van der Waals surface area contributed by atoms with Crippen LogP contribution in [-0.4, -0.2) is 15.5 Å². The summed E-state index contributed by atoms with van der Waals surface area (Å²) < 4.78 is 2.55. The van der Waals surface area contributed by atoms with E-state index in [4.69, 9.17) is 17.3 Å². The first-order valence-electron chi connectivity index (χ1n) is 7.85. The fourth-order valence-corrected chi connectivity index (χ4v) is 4.00. The molecule has 27 heavy (non-hydrogen) atoms. The van der Waals surface area contributed by atoms with E-state index in [0.29, 0.717) is 43.0 Å². The van der Waals surface area contributed by atoms with Gasteiger partial charge in [0.15, 0.2) is 0 Å². The van der Waals surface area contributed by atoms with Crippen molar-refractivity contribution in [1.82, 2.24) is 9.55 Å². The zero-order valence-electron chi connectivity index (χ0n) is 14.6. The molecule has 3 rings (SSSR count). The first kappa shape index (κ1) is 19.0. The number of nitrogens with one attached hydrogen (secondary N) is 1. The van der Waals surface area contributed by atoms with Crippen LogP contribution in [0, 0.1) is 11.3 Å². The average molecular weight is 445 g/mol. The number of carbonyl (C=O) groups is 1. The van der Waals surface area contributed by atoms with Gasteiger partial charge in [0, 0.05) is 30.1 Å². The molecular formula is C19H15BrClN5O. The average Bonchev–Trinajstić information content (AvgIpc) is 2.88. The second-order valence-electron chi connectivity index (χ2n) is 6.04. The molecule has 0 radical (unpaired) electrons. The number of nitriles is 1. The maximum atomic E-state index is 11.8. The number of aryl methyl sites for hydroxylation is 1. The number of hydrogen-bond acceptors (Lipinski definition) is 4. The van der Waals surface area contributed by atoms with E-state index in [1.54, 1.807) is 25.1 Å². The summed E-state index contributed by atoms with van der Waals surface area (Å²) in [5, 5.41) is 13.2. The van der Waals surface area contributed by atoms with Crippen molar-refractivity contribution in [2.45, 2.75) is 6.92 Å². The number of fused-ring (bicyclic) bond motifs is 1. The van der Waals surface area contributed by atoms with E-state index in [1.165, 1.54) is 6.20 Å². The summed E-state index contributed by atoms with van der Waals surface area (Å²) in [5.74, 6) is 0.0429. The van der Waals surface area contributed by atoms with Crippen LogP contribution in [0.3, 0.4) is 0 Å². The third kappa shape index (κ3) is 3.18. The van der Waals surface area contributed by atoms with Gasteiger partial charge in [0.05, 0.1) is 31.7 Å². The van der Waals surface area contributed by atoms with Crippen molar-refractivity contribution in [3.63, 3.8) is 0 Å². The summed E-state index contributed by atoms with van der Waals surface area (Å²) in [4.78, 5) is 15.9. The molecule has 3 aromatic rings.